The SMILES string of the molecule is CCOC(=O)/C=c1\[nH]c(=S)s\c1=C/c1c(F)cccc1F. The summed E-state index contributed by atoms with van der Waals surface area (Å²) in [5.74, 6) is -1.92. The van der Waals surface area contributed by atoms with Crippen molar-refractivity contribution in [2.24, 2.45) is 0 Å². The third-order valence-corrected chi connectivity index (χ3v) is 3.73. The minimum absolute atomic E-state index is 0.179. The van der Waals surface area contributed by atoms with Crippen molar-refractivity contribution in [1.82, 2.24) is 4.98 Å². The van der Waals surface area contributed by atoms with E-state index in [0.717, 1.165) is 23.5 Å². The molecule has 0 fully saturated rings. The molecule has 0 spiro atoms. The molecule has 0 aliphatic carbocycles. The Balaban J connectivity index is 2.63. The summed E-state index contributed by atoms with van der Waals surface area (Å²) in [6, 6.07) is 3.61. The van der Waals surface area contributed by atoms with Crippen molar-refractivity contribution in [3.8, 4) is 0 Å². The fraction of sp³-hybridized carbons (Fsp3) is 0.143. The van der Waals surface area contributed by atoms with Gasteiger partial charge in [0.05, 0.1) is 16.5 Å². The first kappa shape index (κ1) is 15.5. The Hall–Kier alpha value is -1.86. The second-order valence-electron chi connectivity index (χ2n) is 3.97. The highest BCUT2D eigenvalue weighted by Gasteiger charge is 2.06. The second kappa shape index (κ2) is 6.73. The number of hydrogen-bond donors (Lipinski definition) is 1. The number of carbonyl (C=O) groups is 1. The van der Waals surface area contributed by atoms with Gasteiger partial charge >= 0.3 is 5.97 Å². The molecular weight excluding hydrogens is 316 g/mol. The van der Waals surface area contributed by atoms with Crippen LogP contribution in [0.4, 0.5) is 8.78 Å². The minimum atomic E-state index is -0.684. The Morgan fingerprint density at radius 2 is 2.10 bits per heavy atom. The predicted octanol–water partition coefficient (Wildman–Crippen LogP) is 2.26. The van der Waals surface area contributed by atoms with Gasteiger partial charge in [-0.2, -0.15) is 0 Å². The van der Waals surface area contributed by atoms with E-state index in [1.54, 1.807) is 6.92 Å². The Kier molecular flexibility index (Phi) is 4.98. The maximum Gasteiger partial charge on any atom is 0.332 e. The highest BCUT2D eigenvalue weighted by Crippen LogP contribution is 2.12. The molecular formula is C14H11F2NO2S2. The molecule has 0 aliphatic heterocycles. The number of carbonyl (C=O) groups excluding carboxylic acids is 1. The van der Waals surface area contributed by atoms with Crippen molar-refractivity contribution in [3.05, 3.63) is 49.2 Å². The van der Waals surface area contributed by atoms with Gasteiger partial charge in [0.15, 0.2) is 3.95 Å². The quantitative estimate of drug-likeness (QED) is 0.694. The van der Waals surface area contributed by atoms with Crippen molar-refractivity contribution in [2.75, 3.05) is 6.61 Å². The number of hydrogen-bond acceptors (Lipinski definition) is 4. The molecule has 0 atom stereocenters. The lowest BCUT2D eigenvalue weighted by Gasteiger charge is -1.97. The standard InChI is InChI=1S/C14H11F2NO2S2/c1-2-19-13(18)7-11-12(21-14(20)17-11)6-8-9(15)4-3-5-10(8)16/h3-7H,2H2,1H3,(H,17,20)/b11-7-,12-6-. The number of rotatable bonds is 3. The van der Waals surface area contributed by atoms with Crippen LogP contribution in [0, 0.1) is 15.6 Å². The summed E-state index contributed by atoms with van der Waals surface area (Å²) in [6.45, 7) is 1.92. The third-order valence-electron chi connectivity index (χ3n) is 2.53. The number of aromatic amines is 1. The zero-order valence-electron chi connectivity index (χ0n) is 11.0. The summed E-state index contributed by atoms with van der Waals surface area (Å²) in [5.41, 5.74) is -0.179. The molecule has 0 saturated carbocycles. The van der Waals surface area contributed by atoms with Crippen molar-refractivity contribution >= 4 is 41.7 Å². The summed E-state index contributed by atoms with van der Waals surface area (Å²) in [6.07, 6.45) is 2.52. The van der Waals surface area contributed by atoms with E-state index in [1.807, 2.05) is 0 Å². The Morgan fingerprint density at radius 1 is 1.43 bits per heavy atom. The molecule has 110 valence electrons. The molecule has 3 nitrogen and oxygen atoms in total. The molecule has 2 aromatic rings. The maximum absolute atomic E-state index is 13.7. The van der Waals surface area contributed by atoms with E-state index in [1.165, 1.54) is 18.2 Å². The van der Waals surface area contributed by atoms with Crippen molar-refractivity contribution in [2.45, 2.75) is 6.92 Å². The normalized spacial score (nSPS) is 12.7. The zero-order valence-corrected chi connectivity index (χ0v) is 12.6. The van der Waals surface area contributed by atoms with Gasteiger partial charge in [-0.3, -0.25) is 0 Å². The Bertz CT molecular complexity index is 819. The van der Waals surface area contributed by atoms with Gasteiger partial charge in [0, 0.05) is 11.6 Å². The van der Waals surface area contributed by atoms with Crippen molar-refractivity contribution < 1.29 is 18.3 Å². The highest BCUT2D eigenvalue weighted by molar-refractivity contribution is 7.73. The smallest absolute Gasteiger partial charge is 0.332 e. The van der Waals surface area contributed by atoms with Crippen LogP contribution in [0.2, 0.25) is 0 Å². The number of halogens is 2. The molecule has 1 aromatic heterocycles. The molecule has 0 radical (unpaired) electrons. The number of benzene rings is 1. The topological polar surface area (TPSA) is 42.1 Å². The predicted molar refractivity (Wildman–Crippen MR) is 79.8 cm³/mol. The van der Waals surface area contributed by atoms with E-state index in [2.05, 4.69) is 4.98 Å². The molecule has 21 heavy (non-hydrogen) atoms. The summed E-state index contributed by atoms with van der Waals surface area (Å²) in [7, 11) is 0. The molecule has 1 N–H and O–H groups in total. The minimum Gasteiger partial charge on any atom is -0.463 e. The van der Waals surface area contributed by atoms with Gasteiger partial charge in [-0.25, -0.2) is 13.6 Å². The lowest BCUT2D eigenvalue weighted by Crippen LogP contribution is -2.23. The highest BCUT2D eigenvalue weighted by atomic mass is 32.1. The van der Waals surface area contributed by atoms with Gasteiger partial charge in [-0.15, -0.1) is 11.3 Å². The number of nitrogens with one attached hydrogen (secondary N) is 1. The maximum atomic E-state index is 13.7. The van der Waals surface area contributed by atoms with Crippen LogP contribution < -0.4 is 9.88 Å². The summed E-state index contributed by atoms with van der Waals surface area (Å²) in [4.78, 5) is 14.3. The van der Waals surface area contributed by atoms with E-state index in [0.29, 0.717) is 13.8 Å². The molecule has 2 rings (SSSR count). The van der Waals surface area contributed by atoms with Crippen LogP contribution in [0.15, 0.2) is 18.2 Å². The number of H-pyrrole nitrogens is 1. The fourth-order valence-electron chi connectivity index (χ4n) is 1.65. The number of esters is 1. The van der Waals surface area contributed by atoms with E-state index < -0.39 is 17.6 Å². The van der Waals surface area contributed by atoms with Crippen LogP contribution >= 0.6 is 23.6 Å². The fourth-order valence-corrected chi connectivity index (χ4v) is 2.78. The average Bonchev–Trinajstić information content (AvgIpc) is 2.74. The molecule has 0 amide bonds. The number of aromatic nitrogens is 1. The second-order valence-corrected chi connectivity index (χ2v) is 5.69. The summed E-state index contributed by atoms with van der Waals surface area (Å²) in [5, 5.41) is 0.367. The van der Waals surface area contributed by atoms with Crippen LogP contribution in [0.1, 0.15) is 12.5 Å². The van der Waals surface area contributed by atoms with E-state index in [-0.39, 0.29) is 12.2 Å². The van der Waals surface area contributed by atoms with Gasteiger partial charge in [0.25, 0.3) is 0 Å². The lowest BCUT2D eigenvalue weighted by molar-refractivity contribution is -0.135. The van der Waals surface area contributed by atoms with Gasteiger partial charge in [0.1, 0.15) is 11.6 Å². The van der Waals surface area contributed by atoms with Crippen LogP contribution in [-0.2, 0) is 9.53 Å². The molecule has 0 aliphatic rings. The van der Waals surface area contributed by atoms with Gasteiger partial charge < -0.3 is 9.72 Å². The number of ether oxygens (including phenoxy) is 1. The molecule has 0 unspecified atom stereocenters. The molecule has 7 heteroatoms. The Morgan fingerprint density at radius 3 is 2.71 bits per heavy atom. The average molecular weight is 327 g/mol. The Labute approximate surface area is 128 Å². The van der Waals surface area contributed by atoms with E-state index in [4.69, 9.17) is 17.0 Å². The molecule has 1 aromatic carbocycles. The summed E-state index contributed by atoms with van der Waals surface area (Å²) >= 11 is 6.12. The molecule has 1 heterocycles. The van der Waals surface area contributed by atoms with Gasteiger partial charge in [-0.05, 0) is 37.4 Å². The van der Waals surface area contributed by atoms with Crippen LogP contribution in [0.25, 0.3) is 12.2 Å². The van der Waals surface area contributed by atoms with Gasteiger partial charge in [0.2, 0.25) is 0 Å². The first-order valence-electron chi connectivity index (χ1n) is 6.04. The molecule has 0 saturated heterocycles. The van der Waals surface area contributed by atoms with Gasteiger partial charge in [-0.1, -0.05) is 6.07 Å². The lowest BCUT2D eigenvalue weighted by atomic mass is 10.2. The zero-order chi connectivity index (χ0) is 15.4. The largest absolute Gasteiger partial charge is 0.463 e. The van der Waals surface area contributed by atoms with E-state index >= 15 is 0 Å². The first-order chi connectivity index (χ1) is 10.0. The first-order valence-corrected chi connectivity index (χ1v) is 7.27. The van der Waals surface area contributed by atoms with Crippen molar-refractivity contribution in [1.29, 1.82) is 0 Å². The monoisotopic (exact) mass is 327 g/mol. The third kappa shape index (κ3) is 3.83. The molecule has 0 bridgehead atoms. The summed E-state index contributed by atoms with van der Waals surface area (Å²) < 4.78 is 33.0. The van der Waals surface area contributed by atoms with Crippen LogP contribution in [0.5, 0.6) is 0 Å². The van der Waals surface area contributed by atoms with Crippen LogP contribution in [-0.4, -0.2) is 17.6 Å². The van der Waals surface area contributed by atoms with Crippen molar-refractivity contribution in [3.63, 3.8) is 0 Å². The van der Waals surface area contributed by atoms with E-state index in [9.17, 15) is 13.6 Å². The van der Waals surface area contributed by atoms with Crippen LogP contribution in [0.3, 0.4) is 0 Å². The number of thiazole rings is 1.